The molecule has 4 heteroatoms. The van der Waals surface area contributed by atoms with Gasteiger partial charge in [-0.3, -0.25) is 4.79 Å². The molecular weight excluding hydrogens is 296 g/mol. The van der Waals surface area contributed by atoms with Gasteiger partial charge in [-0.15, -0.1) is 0 Å². The molecule has 0 saturated carbocycles. The Balaban J connectivity index is 2.03. The minimum Gasteiger partial charge on any atom is -0.494 e. The van der Waals surface area contributed by atoms with Gasteiger partial charge in [0.1, 0.15) is 5.75 Å². The summed E-state index contributed by atoms with van der Waals surface area (Å²) in [6, 6.07) is 6.04. The largest absolute Gasteiger partial charge is 0.494 e. The fourth-order valence-electron chi connectivity index (χ4n) is 2.44. The standard InChI is InChI=1S/C14H17BrO3/c15-6-1-7-18-12-4-5-13-10(8-12)2-3-11(13)9-14(16)17/h4-5,8,11H,1-3,6-7,9H2,(H,16,17)/t11-/m0/s1. The van der Waals surface area contributed by atoms with E-state index in [1.165, 1.54) is 11.1 Å². The van der Waals surface area contributed by atoms with Gasteiger partial charge in [-0.05, 0) is 48.4 Å². The molecule has 0 unspecified atom stereocenters. The van der Waals surface area contributed by atoms with Crippen LogP contribution in [0.4, 0.5) is 0 Å². The number of hydrogen-bond acceptors (Lipinski definition) is 2. The summed E-state index contributed by atoms with van der Waals surface area (Å²) >= 11 is 3.37. The molecule has 1 aromatic rings. The van der Waals surface area contributed by atoms with Gasteiger partial charge in [0.15, 0.2) is 0 Å². The zero-order valence-electron chi connectivity index (χ0n) is 10.2. The van der Waals surface area contributed by atoms with Crippen LogP contribution >= 0.6 is 15.9 Å². The van der Waals surface area contributed by atoms with E-state index in [4.69, 9.17) is 9.84 Å². The number of alkyl halides is 1. The lowest BCUT2D eigenvalue weighted by atomic mass is 9.98. The summed E-state index contributed by atoms with van der Waals surface area (Å²) in [6.45, 7) is 0.711. The van der Waals surface area contributed by atoms with Crippen LogP contribution in [0.25, 0.3) is 0 Å². The minimum atomic E-state index is -0.717. The third-order valence-electron chi connectivity index (χ3n) is 3.28. The van der Waals surface area contributed by atoms with E-state index in [1.54, 1.807) is 0 Å². The van der Waals surface area contributed by atoms with Gasteiger partial charge >= 0.3 is 5.97 Å². The molecule has 0 bridgehead atoms. The van der Waals surface area contributed by atoms with Gasteiger partial charge in [0.25, 0.3) is 0 Å². The molecule has 0 saturated heterocycles. The van der Waals surface area contributed by atoms with Crippen LogP contribution in [0.3, 0.4) is 0 Å². The number of carbonyl (C=O) groups is 1. The number of benzene rings is 1. The molecule has 0 aromatic heterocycles. The normalized spacial score (nSPS) is 17.5. The van der Waals surface area contributed by atoms with Crippen molar-refractivity contribution < 1.29 is 14.6 Å². The molecule has 0 radical (unpaired) electrons. The lowest BCUT2D eigenvalue weighted by molar-refractivity contribution is -0.137. The highest BCUT2D eigenvalue weighted by Crippen LogP contribution is 2.37. The Morgan fingerprint density at radius 2 is 2.33 bits per heavy atom. The SMILES string of the molecule is O=C(O)C[C@@H]1CCc2cc(OCCCBr)ccc21. The molecule has 18 heavy (non-hydrogen) atoms. The second kappa shape index (κ2) is 6.23. The number of hydrogen-bond donors (Lipinski definition) is 1. The Morgan fingerprint density at radius 1 is 1.50 bits per heavy atom. The molecule has 1 aliphatic carbocycles. The van der Waals surface area contributed by atoms with E-state index in [2.05, 4.69) is 22.0 Å². The Hall–Kier alpha value is -1.03. The van der Waals surface area contributed by atoms with Crippen molar-refractivity contribution in [3.63, 3.8) is 0 Å². The second-order valence-electron chi connectivity index (χ2n) is 4.59. The summed E-state index contributed by atoms with van der Waals surface area (Å²) in [5.41, 5.74) is 2.43. The van der Waals surface area contributed by atoms with E-state index in [1.807, 2.05) is 12.1 Å². The molecule has 0 spiro atoms. The topological polar surface area (TPSA) is 46.5 Å². The maximum Gasteiger partial charge on any atom is 0.303 e. The first kappa shape index (κ1) is 13.4. The number of aliphatic carboxylic acids is 1. The van der Waals surface area contributed by atoms with E-state index in [-0.39, 0.29) is 12.3 Å². The van der Waals surface area contributed by atoms with E-state index >= 15 is 0 Å². The van der Waals surface area contributed by atoms with Gasteiger partial charge in [-0.1, -0.05) is 22.0 Å². The summed E-state index contributed by atoms with van der Waals surface area (Å²) < 4.78 is 5.64. The van der Waals surface area contributed by atoms with Gasteiger partial charge in [0.05, 0.1) is 13.0 Å². The number of aryl methyl sites for hydroxylation is 1. The van der Waals surface area contributed by atoms with Crippen molar-refractivity contribution in [1.29, 1.82) is 0 Å². The maximum atomic E-state index is 10.8. The number of ether oxygens (including phenoxy) is 1. The first-order chi connectivity index (χ1) is 8.70. The summed E-state index contributed by atoms with van der Waals surface area (Å²) in [7, 11) is 0. The summed E-state index contributed by atoms with van der Waals surface area (Å²) in [4.78, 5) is 10.8. The summed E-state index contributed by atoms with van der Waals surface area (Å²) in [5.74, 6) is 0.352. The molecule has 0 fully saturated rings. The van der Waals surface area contributed by atoms with Gasteiger partial charge in [-0.25, -0.2) is 0 Å². The minimum absolute atomic E-state index is 0.175. The molecule has 0 aliphatic heterocycles. The number of fused-ring (bicyclic) bond motifs is 1. The Bertz CT molecular complexity index is 431. The Kier molecular flexibility index (Phi) is 4.64. The van der Waals surface area contributed by atoms with Gasteiger partial charge < -0.3 is 9.84 Å². The predicted molar refractivity (Wildman–Crippen MR) is 73.7 cm³/mol. The zero-order valence-corrected chi connectivity index (χ0v) is 11.8. The molecule has 1 N–H and O–H groups in total. The van der Waals surface area contributed by atoms with Crippen LogP contribution in [-0.2, 0) is 11.2 Å². The molecule has 1 aromatic carbocycles. The van der Waals surface area contributed by atoms with Crippen molar-refractivity contribution in [1.82, 2.24) is 0 Å². The molecule has 3 nitrogen and oxygen atoms in total. The van der Waals surface area contributed by atoms with Crippen LogP contribution in [0.5, 0.6) is 5.75 Å². The number of rotatable bonds is 6. The predicted octanol–water partition coefficient (Wildman–Crippen LogP) is 3.35. The number of carboxylic acids is 1. The van der Waals surface area contributed by atoms with E-state index in [0.29, 0.717) is 6.61 Å². The fourth-order valence-corrected chi connectivity index (χ4v) is 2.67. The van der Waals surface area contributed by atoms with Crippen molar-refractivity contribution in [3.8, 4) is 5.75 Å². The molecule has 0 amide bonds. The number of halogens is 1. The highest BCUT2D eigenvalue weighted by Gasteiger charge is 2.24. The maximum absolute atomic E-state index is 10.8. The smallest absolute Gasteiger partial charge is 0.303 e. The first-order valence-corrected chi connectivity index (χ1v) is 7.36. The second-order valence-corrected chi connectivity index (χ2v) is 5.38. The van der Waals surface area contributed by atoms with E-state index in [0.717, 1.165) is 30.3 Å². The lowest BCUT2D eigenvalue weighted by Gasteiger charge is -2.10. The van der Waals surface area contributed by atoms with E-state index < -0.39 is 5.97 Å². The van der Waals surface area contributed by atoms with Gasteiger partial charge in [0.2, 0.25) is 0 Å². The van der Waals surface area contributed by atoms with Crippen molar-refractivity contribution in [2.45, 2.75) is 31.6 Å². The highest BCUT2D eigenvalue weighted by atomic mass is 79.9. The number of carboxylic acid groups (broad SMARTS) is 1. The van der Waals surface area contributed by atoms with Gasteiger partial charge in [-0.2, -0.15) is 0 Å². The van der Waals surface area contributed by atoms with Crippen molar-refractivity contribution in [3.05, 3.63) is 29.3 Å². The quantitative estimate of drug-likeness (QED) is 0.647. The third-order valence-corrected chi connectivity index (χ3v) is 3.84. The lowest BCUT2D eigenvalue weighted by Crippen LogP contribution is -2.03. The molecule has 2 rings (SSSR count). The van der Waals surface area contributed by atoms with E-state index in [9.17, 15) is 4.79 Å². The molecular formula is C14H17BrO3. The monoisotopic (exact) mass is 312 g/mol. The molecule has 0 heterocycles. The highest BCUT2D eigenvalue weighted by molar-refractivity contribution is 9.09. The van der Waals surface area contributed by atoms with Crippen LogP contribution in [-0.4, -0.2) is 23.0 Å². The summed E-state index contributed by atoms with van der Waals surface area (Å²) in [5, 5.41) is 9.81. The van der Waals surface area contributed by atoms with Crippen LogP contribution < -0.4 is 4.74 Å². The summed E-state index contributed by atoms with van der Waals surface area (Å²) in [6.07, 6.45) is 3.12. The van der Waals surface area contributed by atoms with Crippen LogP contribution in [0.2, 0.25) is 0 Å². The zero-order chi connectivity index (χ0) is 13.0. The average Bonchev–Trinajstić information content (AvgIpc) is 2.72. The molecule has 1 atom stereocenters. The van der Waals surface area contributed by atoms with Crippen molar-refractivity contribution in [2.24, 2.45) is 0 Å². The Morgan fingerprint density at radius 3 is 3.06 bits per heavy atom. The molecule has 98 valence electrons. The van der Waals surface area contributed by atoms with Gasteiger partial charge in [0, 0.05) is 5.33 Å². The van der Waals surface area contributed by atoms with Crippen LogP contribution in [0, 0.1) is 0 Å². The van der Waals surface area contributed by atoms with Crippen LogP contribution in [0.15, 0.2) is 18.2 Å². The fraction of sp³-hybridized carbons (Fsp3) is 0.500. The van der Waals surface area contributed by atoms with Crippen LogP contribution in [0.1, 0.15) is 36.3 Å². The average molecular weight is 313 g/mol. The Labute approximate surface area is 115 Å². The third kappa shape index (κ3) is 3.25. The molecule has 1 aliphatic rings. The van der Waals surface area contributed by atoms with Crippen molar-refractivity contribution in [2.75, 3.05) is 11.9 Å². The first-order valence-electron chi connectivity index (χ1n) is 6.24. The van der Waals surface area contributed by atoms with Crippen molar-refractivity contribution >= 4 is 21.9 Å².